The Labute approximate surface area is 235 Å². The quantitative estimate of drug-likeness (QED) is 0.118. The first-order chi connectivity index (χ1) is 19.4. The van der Waals surface area contributed by atoms with Crippen LogP contribution in [0.3, 0.4) is 0 Å². The Balaban J connectivity index is 1.61. The lowest BCUT2D eigenvalue weighted by molar-refractivity contribution is -0.136. The van der Waals surface area contributed by atoms with Crippen molar-refractivity contribution in [3.8, 4) is 17.2 Å². The van der Waals surface area contributed by atoms with Crippen molar-refractivity contribution in [3.63, 3.8) is 0 Å². The fourth-order valence-electron chi connectivity index (χ4n) is 3.78. The largest absolute Gasteiger partial charge is 0.494 e. The van der Waals surface area contributed by atoms with E-state index in [4.69, 9.17) is 18.9 Å². The van der Waals surface area contributed by atoms with Gasteiger partial charge >= 0.3 is 5.97 Å². The molecule has 2 N–H and O–H groups in total. The lowest BCUT2D eigenvalue weighted by atomic mass is 10.1. The molecule has 0 atom stereocenters. The van der Waals surface area contributed by atoms with Crippen molar-refractivity contribution in [3.05, 3.63) is 89.2 Å². The molecule has 3 aromatic rings. The van der Waals surface area contributed by atoms with Crippen molar-refractivity contribution in [1.29, 1.82) is 0 Å². The van der Waals surface area contributed by atoms with Gasteiger partial charge in [0, 0.05) is 17.7 Å². The number of nitrogens with one attached hydrogen (secondary N) is 1. The van der Waals surface area contributed by atoms with Gasteiger partial charge in [0.15, 0.2) is 11.5 Å². The van der Waals surface area contributed by atoms with Gasteiger partial charge in [-0.05, 0) is 79.9 Å². The van der Waals surface area contributed by atoms with Gasteiger partial charge in [-0.25, -0.2) is 4.79 Å². The highest BCUT2D eigenvalue weighted by Gasteiger charge is 2.12. The minimum absolute atomic E-state index is 0.130. The third-order valence-corrected chi connectivity index (χ3v) is 5.80. The number of carbonyl (C=O) groups is 2. The summed E-state index contributed by atoms with van der Waals surface area (Å²) in [4.78, 5) is 24.1. The van der Waals surface area contributed by atoms with Crippen LogP contribution in [0.5, 0.6) is 17.2 Å². The molecule has 0 fully saturated rings. The van der Waals surface area contributed by atoms with Crippen LogP contribution in [-0.4, -0.2) is 43.4 Å². The van der Waals surface area contributed by atoms with Crippen molar-refractivity contribution in [2.45, 2.75) is 40.0 Å². The minimum Gasteiger partial charge on any atom is -0.494 e. The van der Waals surface area contributed by atoms with E-state index >= 15 is 0 Å². The lowest BCUT2D eigenvalue weighted by Gasteiger charge is -2.14. The molecule has 8 heteroatoms. The number of carbonyl (C=O) groups excluding carboxylic acids is 1. The van der Waals surface area contributed by atoms with Crippen LogP contribution in [0.2, 0.25) is 0 Å². The molecule has 0 bridgehead atoms. The number of unbranched alkanes of at least 4 members (excludes halogenated alkanes) is 1. The summed E-state index contributed by atoms with van der Waals surface area (Å²) in [6.07, 6.45) is 3.99. The molecule has 8 nitrogen and oxygen atoms in total. The highest BCUT2D eigenvalue weighted by molar-refractivity contribution is 6.04. The van der Waals surface area contributed by atoms with Crippen LogP contribution in [0.25, 0.3) is 6.08 Å². The molecular weight excluding hydrogens is 510 g/mol. The molecule has 0 aliphatic rings. The van der Waals surface area contributed by atoms with Gasteiger partial charge in [-0.3, -0.25) is 4.79 Å². The number of anilines is 1. The first kappa shape index (κ1) is 30.1. The molecular formula is C32H37NO7. The minimum atomic E-state index is -1.13. The second-order valence-corrected chi connectivity index (χ2v) is 8.87. The van der Waals surface area contributed by atoms with Crippen LogP contribution in [-0.2, 0) is 16.0 Å². The molecule has 0 aromatic heterocycles. The lowest BCUT2D eigenvalue weighted by Crippen LogP contribution is -2.12. The molecule has 0 unspecified atom stereocenters. The fraction of sp³-hybridized carbons (Fsp3) is 0.312. The van der Waals surface area contributed by atoms with E-state index < -0.39 is 5.97 Å². The normalized spacial score (nSPS) is 11.0. The molecule has 3 rings (SSSR count). The van der Waals surface area contributed by atoms with Crippen molar-refractivity contribution >= 4 is 23.6 Å². The maximum atomic E-state index is 12.6. The van der Waals surface area contributed by atoms with Gasteiger partial charge in [-0.15, -0.1) is 0 Å². The predicted molar refractivity (Wildman–Crippen MR) is 155 cm³/mol. The molecule has 0 radical (unpaired) electrons. The van der Waals surface area contributed by atoms with E-state index in [9.17, 15) is 14.7 Å². The summed E-state index contributed by atoms with van der Waals surface area (Å²) in [6, 6.07) is 20.0. The standard InChI is InChI=1S/C32H37NO7/c1-4-7-18-39-29-20-24(21-30(32(35)36)38-6-3)13-16-28(29)40-19-17-23-11-14-26(15-12-23)33-31(34)25-9-8-10-27(22-25)37-5-2/h8-16,20-22H,4-7,17-19H2,1-3H3,(H,33,34)(H,35,36). The van der Waals surface area contributed by atoms with E-state index in [1.807, 2.05) is 37.3 Å². The van der Waals surface area contributed by atoms with Crippen molar-refractivity contribution in [1.82, 2.24) is 0 Å². The number of amides is 1. The molecule has 3 aromatic carbocycles. The van der Waals surface area contributed by atoms with E-state index in [2.05, 4.69) is 12.2 Å². The number of aliphatic carboxylic acids is 1. The Hall–Kier alpha value is -4.46. The Morgan fingerprint density at radius 2 is 1.62 bits per heavy atom. The summed E-state index contributed by atoms with van der Waals surface area (Å²) < 4.78 is 22.7. The van der Waals surface area contributed by atoms with E-state index in [0.717, 1.165) is 18.4 Å². The van der Waals surface area contributed by atoms with Crippen LogP contribution in [0.1, 0.15) is 55.1 Å². The second-order valence-electron chi connectivity index (χ2n) is 8.87. The number of ether oxygens (including phenoxy) is 4. The van der Waals surface area contributed by atoms with Gasteiger partial charge in [0.2, 0.25) is 5.76 Å². The van der Waals surface area contributed by atoms with E-state index in [0.29, 0.717) is 60.3 Å². The van der Waals surface area contributed by atoms with E-state index in [-0.39, 0.29) is 18.3 Å². The average molecular weight is 548 g/mol. The van der Waals surface area contributed by atoms with E-state index in [1.54, 1.807) is 43.3 Å². The smallest absolute Gasteiger partial charge is 0.371 e. The molecule has 0 aliphatic carbocycles. The maximum absolute atomic E-state index is 12.6. The number of rotatable bonds is 16. The monoisotopic (exact) mass is 547 g/mol. The molecule has 40 heavy (non-hydrogen) atoms. The highest BCUT2D eigenvalue weighted by Crippen LogP contribution is 2.30. The van der Waals surface area contributed by atoms with Crippen LogP contribution in [0.4, 0.5) is 5.69 Å². The zero-order valence-corrected chi connectivity index (χ0v) is 23.3. The number of hydrogen-bond acceptors (Lipinski definition) is 6. The van der Waals surface area contributed by atoms with Gasteiger partial charge in [-0.2, -0.15) is 0 Å². The summed E-state index contributed by atoms with van der Waals surface area (Å²) in [6.45, 7) is 7.45. The van der Waals surface area contributed by atoms with Gasteiger partial charge in [0.05, 0.1) is 26.4 Å². The zero-order chi connectivity index (χ0) is 28.7. The molecule has 1 amide bonds. The second kappa shape index (κ2) is 15.8. The van der Waals surface area contributed by atoms with Crippen LogP contribution >= 0.6 is 0 Å². The topological polar surface area (TPSA) is 103 Å². The third kappa shape index (κ3) is 9.38. The molecule has 212 valence electrons. The van der Waals surface area contributed by atoms with Gasteiger partial charge in [0.25, 0.3) is 5.91 Å². The Morgan fingerprint density at radius 1 is 0.850 bits per heavy atom. The third-order valence-electron chi connectivity index (χ3n) is 5.80. The summed E-state index contributed by atoms with van der Waals surface area (Å²) in [7, 11) is 0. The van der Waals surface area contributed by atoms with E-state index in [1.165, 1.54) is 6.08 Å². The number of hydrogen-bond donors (Lipinski definition) is 2. The zero-order valence-electron chi connectivity index (χ0n) is 23.3. The molecule has 0 aliphatic heterocycles. The van der Waals surface area contributed by atoms with Gasteiger partial charge in [0.1, 0.15) is 5.75 Å². The van der Waals surface area contributed by atoms with Gasteiger partial charge < -0.3 is 29.4 Å². The summed E-state index contributed by atoms with van der Waals surface area (Å²) >= 11 is 0. The molecule has 0 spiro atoms. The summed E-state index contributed by atoms with van der Waals surface area (Å²) in [5, 5.41) is 12.3. The number of carboxylic acids is 1. The Bertz CT molecular complexity index is 1280. The predicted octanol–water partition coefficient (Wildman–Crippen LogP) is 6.60. The van der Waals surface area contributed by atoms with Gasteiger partial charge in [-0.1, -0.05) is 37.6 Å². The highest BCUT2D eigenvalue weighted by atomic mass is 16.5. The first-order valence-corrected chi connectivity index (χ1v) is 13.5. The maximum Gasteiger partial charge on any atom is 0.371 e. The molecule has 0 saturated carbocycles. The first-order valence-electron chi connectivity index (χ1n) is 13.5. The van der Waals surface area contributed by atoms with Crippen LogP contribution in [0, 0.1) is 0 Å². The Kier molecular flexibility index (Phi) is 11.9. The van der Waals surface area contributed by atoms with Crippen molar-refractivity contribution in [2.24, 2.45) is 0 Å². The average Bonchev–Trinajstić information content (AvgIpc) is 2.95. The molecule has 0 heterocycles. The number of carboxylic acid groups (broad SMARTS) is 1. The fourth-order valence-corrected chi connectivity index (χ4v) is 3.78. The molecule has 0 saturated heterocycles. The van der Waals surface area contributed by atoms with Crippen molar-refractivity contribution < 1.29 is 33.6 Å². The number of benzene rings is 3. The van der Waals surface area contributed by atoms with Crippen LogP contribution < -0.4 is 19.5 Å². The Morgan fingerprint density at radius 3 is 2.33 bits per heavy atom. The summed E-state index contributed by atoms with van der Waals surface area (Å²) in [5.74, 6) is 0.329. The SMILES string of the molecule is CCCCOc1cc(C=C(OCC)C(=O)O)ccc1OCCc1ccc(NC(=O)c2cccc(OCC)c2)cc1. The van der Waals surface area contributed by atoms with Crippen molar-refractivity contribution in [2.75, 3.05) is 31.7 Å². The van der Waals surface area contributed by atoms with Crippen LogP contribution in [0.15, 0.2) is 72.5 Å². The summed E-state index contributed by atoms with van der Waals surface area (Å²) in [5.41, 5.74) is 2.91.